The maximum atomic E-state index is 12.0. The second-order valence-electron chi connectivity index (χ2n) is 4.44. The van der Waals surface area contributed by atoms with Crippen molar-refractivity contribution < 1.29 is 9.32 Å². The molecule has 1 rings (SSSR count). The number of aryl methyl sites for hydroxylation is 1. The summed E-state index contributed by atoms with van der Waals surface area (Å²) in [6.45, 7) is 9.78. The van der Waals surface area contributed by atoms with E-state index in [1.54, 1.807) is 6.92 Å². The maximum absolute atomic E-state index is 12.0. The van der Waals surface area contributed by atoms with E-state index in [2.05, 4.69) is 10.5 Å². The van der Waals surface area contributed by atoms with E-state index >= 15 is 0 Å². The van der Waals surface area contributed by atoms with E-state index in [9.17, 15) is 4.79 Å². The highest BCUT2D eigenvalue weighted by Gasteiger charge is 2.22. The van der Waals surface area contributed by atoms with E-state index in [1.165, 1.54) is 0 Å². The van der Waals surface area contributed by atoms with Crippen molar-refractivity contribution in [1.29, 1.82) is 0 Å². The molecule has 1 heterocycles. The standard InChI is InChI=1S/C12H20N2O2/c1-6-8(4)13-12(15)10-9(5)14-16-11(10)7(2)3/h7-8H,6H2,1-5H3,(H,13,15). The molecule has 1 atom stereocenters. The van der Waals surface area contributed by atoms with E-state index in [-0.39, 0.29) is 17.9 Å². The summed E-state index contributed by atoms with van der Waals surface area (Å²) in [5, 5.41) is 6.79. The van der Waals surface area contributed by atoms with Gasteiger partial charge in [0, 0.05) is 12.0 Å². The molecule has 1 unspecified atom stereocenters. The summed E-state index contributed by atoms with van der Waals surface area (Å²) in [6.07, 6.45) is 0.910. The molecule has 1 aromatic heterocycles. The number of nitrogens with zero attached hydrogens (tertiary/aromatic N) is 1. The minimum absolute atomic E-state index is 0.0863. The number of carbonyl (C=O) groups excluding carboxylic acids is 1. The lowest BCUT2D eigenvalue weighted by Gasteiger charge is -2.11. The van der Waals surface area contributed by atoms with Gasteiger partial charge in [-0.3, -0.25) is 4.79 Å². The van der Waals surface area contributed by atoms with Gasteiger partial charge >= 0.3 is 0 Å². The zero-order chi connectivity index (χ0) is 12.3. The van der Waals surface area contributed by atoms with Gasteiger partial charge in [-0.1, -0.05) is 25.9 Å². The van der Waals surface area contributed by atoms with Crippen LogP contribution in [0.1, 0.15) is 61.8 Å². The third-order valence-electron chi connectivity index (χ3n) is 2.63. The number of aromatic nitrogens is 1. The Kier molecular flexibility index (Phi) is 4.10. The summed E-state index contributed by atoms with van der Waals surface area (Å²) < 4.78 is 5.18. The third-order valence-corrected chi connectivity index (χ3v) is 2.63. The predicted octanol–water partition coefficient (Wildman–Crippen LogP) is 2.63. The highest BCUT2D eigenvalue weighted by Crippen LogP contribution is 2.22. The molecule has 0 aromatic carbocycles. The predicted molar refractivity (Wildman–Crippen MR) is 62.5 cm³/mol. The fourth-order valence-electron chi connectivity index (χ4n) is 1.46. The van der Waals surface area contributed by atoms with E-state index < -0.39 is 0 Å². The van der Waals surface area contributed by atoms with E-state index in [0.717, 1.165) is 6.42 Å². The monoisotopic (exact) mass is 224 g/mol. The Morgan fingerprint density at radius 1 is 1.44 bits per heavy atom. The first-order valence-electron chi connectivity index (χ1n) is 5.74. The van der Waals surface area contributed by atoms with Crippen LogP contribution in [0.5, 0.6) is 0 Å². The molecule has 16 heavy (non-hydrogen) atoms. The molecule has 0 fully saturated rings. The van der Waals surface area contributed by atoms with Crippen LogP contribution in [0, 0.1) is 6.92 Å². The highest BCUT2D eigenvalue weighted by atomic mass is 16.5. The Hall–Kier alpha value is -1.32. The van der Waals surface area contributed by atoms with Crippen LogP contribution >= 0.6 is 0 Å². The average molecular weight is 224 g/mol. The lowest BCUT2D eigenvalue weighted by atomic mass is 10.0. The summed E-state index contributed by atoms with van der Waals surface area (Å²) in [6, 6.07) is 0.168. The molecule has 90 valence electrons. The van der Waals surface area contributed by atoms with Crippen LogP contribution in [0.25, 0.3) is 0 Å². The van der Waals surface area contributed by atoms with Crippen molar-refractivity contribution in [3.63, 3.8) is 0 Å². The van der Waals surface area contributed by atoms with Crippen LogP contribution < -0.4 is 5.32 Å². The van der Waals surface area contributed by atoms with E-state index in [4.69, 9.17) is 4.52 Å². The van der Waals surface area contributed by atoms with Gasteiger partial charge in [-0.2, -0.15) is 0 Å². The van der Waals surface area contributed by atoms with Gasteiger partial charge in [0.1, 0.15) is 5.56 Å². The van der Waals surface area contributed by atoms with Crippen LogP contribution in [-0.2, 0) is 0 Å². The van der Waals surface area contributed by atoms with Gasteiger partial charge in [0.05, 0.1) is 5.69 Å². The Morgan fingerprint density at radius 3 is 2.56 bits per heavy atom. The van der Waals surface area contributed by atoms with Crippen molar-refractivity contribution in [3.8, 4) is 0 Å². The molecule has 0 aliphatic carbocycles. The van der Waals surface area contributed by atoms with Crippen LogP contribution in [-0.4, -0.2) is 17.1 Å². The SMILES string of the molecule is CCC(C)NC(=O)c1c(C)noc1C(C)C. The molecule has 0 aliphatic heterocycles. The fraction of sp³-hybridized carbons (Fsp3) is 0.667. The largest absolute Gasteiger partial charge is 0.360 e. The summed E-state index contributed by atoms with van der Waals surface area (Å²) in [5.74, 6) is 0.744. The number of carbonyl (C=O) groups is 1. The van der Waals surface area contributed by atoms with Gasteiger partial charge < -0.3 is 9.84 Å². The minimum Gasteiger partial charge on any atom is -0.360 e. The molecule has 0 saturated heterocycles. The van der Waals surface area contributed by atoms with Gasteiger partial charge in [0.15, 0.2) is 5.76 Å². The van der Waals surface area contributed by atoms with Crippen molar-refractivity contribution in [3.05, 3.63) is 17.0 Å². The number of hydrogen-bond acceptors (Lipinski definition) is 3. The second-order valence-corrected chi connectivity index (χ2v) is 4.44. The van der Waals surface area contributed by atoms with Gasteiger partial charge in [0.25, 0.3) is 5.91 Å². The molecule has 1 aromatic rings. The van der Waals surface area contributed by atoms with Gasteiger partial charge in [-0.25, -0.2) is 0 Å². The lowest BCUT2D eigenvalue weighted by Crippen LogP contribution is -2.32. The molecule has 4 heteroatoms. The smallest absolute Gasteiger partial charge is 0.257 e. The van der Waals surface area contributed by atoms with Crippen molar-refractivity contribution in [1.82, 2.24) is 10.5 Å². The van der Waals surface area contributed by atoms with Crippen molar-refractivity contribution in [2.45, 2.75) is 53.0 Å². The molecule has 0 radical (unpaired) electrons. The Labute approximate surface area is 96.4 Å². The fourth-order valence-corrected chi connectivity index (χ4v) is 1.46. The molecule has 0 bridgehead atoms. The van der Waals surface area contributed by atoms with Gasteiger partial charge in [-0.15, -0.1) is 0 Å². The van der Waals surface area contributed by atoms with Crippen LogP contribution in [0.3, 0.4) is 0 Å². The number of amides is 1. The number of hydrogen-bond donors (Lipinski definition) is 1. The van der Waals surface area contributed by atoms with Crippen LogP contribution in [0.4, 0.5) is 0 Å². The molecular formula is C12H20N2O2. The van der Waals surface area contributed by atoms with Crippen molar-refractivity contribution in [2.24, 2.45) is 0 Å². The topological polar surface area (TPSA) is 55.1 Å². The summed E-state index contributed by atoms with van der Waals surface area (Å²) in [7, 11) is 0. The zero-order valence-corrected chi connectivity index (χ0v) is 10.6. The summed E-state index contributed by atoms with van der Waals surface area (Å²) in [5.41, 5.74) is 1.25. The third kappa shape index (κ3) is 2.62. The first kappa shape index (κ1) is 12.7. The van der Waals surface area contributed by atoms with Gasteiger partial charge in [-0.05, 0) is 20.3 Å². The molecule has 1 N–H and O–H groups in total. The van der Waals surface area contributed by atoms with Crippen LogP contribution in [0.15, 0.2) is 4.52 Å². The zero-order valence-electron chi connectivity index (χ0n) is 10.6. The Bertz CT molecular complexity index is 369. The number of nitrogens with one attached hydrogen (secondary N) is 1. The van der Waals surface area contributed by atoms with Crippen LogP contribution in [0.2, 0.25) is 0 Å². The summed E-state index contributed by atoms with van der Waals surface area (Å²) >= 11 is 0. The molecule has 0 saturated carbocycles. The molecule has 4 nitrogen and oxygen atoms in total. The van der Waals surface area contributed by atoms with Crippen molar-refractivity contribution in [2.75, 3.05) is 0 Å². The minimum atomic E-state index is -0.0863. The van der Waals surface area contributed by atoms with E-state index in [0.29, 0.717) is 17.0 Å². The average Bonchev–Trinajstić information content (AvgIpc) is 2.59. The highest BCUT2D eigenvalue weighted by molar-refractivity contribution is 5.96. The quantitative estimate of drug-likeness (QED) is 0.855. The number of rotatable bonds is 4. The molecule has 0 spiro atoms. The normalized spacial score (nSPS) is 12.9. The van der Waals surface area contributed by atoms with Crippen molar-refractivity contribution >= 4 is 5.91 Å². The van der Waals surface area contributed by atoms with Gasteiger partial charge in [0.2, 0.25) is 0 Å². The molecule has 0 aliphatic rings. The maximum Gasteiger partial charge on any atom is 0.257 e. The first-order chi connectivity index (χ1) is 7.47. The first-order valence-corrected chi connectivity index (χ1v) is 5.74. The Morgan fingerprint density at radius 2 is 2.06 bits per heavy atom. The second kappa shape index (κ2) is 5.14. The molecular weight excluding hydrogens is 204 g/mol. The summed E-state index contributed by atoms with van der Waals surface area (Å²) in [4.78, 5) is 12.0. The molecule has 1 amide bonds. The Balaban J connectivity index is 2.94. The van der Waals surface area contributed by atoms with E-state index in [1.807, 2.05) is 27.7 Å². The lowest BCUT2D eigenvalue weighted by molar-refractivity contribution is 0.0936.